The maximum atomic E-state index is 11.9. The second kappa shape index (κ2) is 7.75. The summed E-state index contributed by atoms with van der Waals surface area (Å²) in [6.45, 7) is 4.44. The summed E-state index contributed by atoms with van der Waals surface area (Å²) in [5, 5.41) is 3.14. The van der Waals surface area contributed by atoms with Gasteiger partial charge in [0, 0.05) is 45.6 Å². The van der Waals surface area contributed by atoms with Crippen LogP contribution < -0.4 is 10.9 Å². The fourth-order valence-electron chi connectivity index (χ4n) is 3.29. The van der Waals surface area contributed by atoms with Crippen LogP contribution in [0.1, 0.15) is 19.3 Å². The fourth-order valence-corrected chi connectivity index (χ4v) is 3.29. The van der Waals surface area contributed by atoms with E-state index in [0.717, 1.165) is 32.2 Å². The van der Waals surface area contributed by atoms with Gasteiger partial charge in [0.2, 0.25) is 0 Å². The highest BCUT2D eigenvalue weighted by atomic mass is 16.5. The number of anilines is 1. The molecule has 1 N–H and O–H groups in total. The number of hydrogen-bond acceptors (Lipinski definition) is 5. The van der Waals surface area contributed by atoms with Crippen molar-refractivity contribution >= 4 is 5.82 Å². The molecule has 1 fully saturated rings. The van der Waals surface area contributed by atoms with Crippen molar-refractivity contribution in [1.82, 2.24) is 14.5 Å². The van der Waals surface area contributed by atoms with Crippen molar-refractivity contribution < 1.29 is 4.74 Å². The zero-order valence-corrected chi connectivity index (χ0v) is 13.8. The Kier molecular flexibility index (Phi) is 5.46. The molecule has 23 heavy (non-hydrogen) atoms. The number of hydrogen-bond donors (Lipinski definition) is 1. The molecule has 0 spiro atoms. The van der Waals surface area contributed by atoms with E-state index < -0.39 is 0 Å². The van der Waals surface area contributed by atoms with E-state index >= 15 is 0 Å². The van der Waals surface area contributed by atoms with Crippen molar-refractivity contribution in [3.05, 3.63) is 34.9 Å². The van der Waals surface area contributed by atoms with Crippen molar-refractivity contribution in [2.45, 2.75) is 25.4 Å². The molecule has 126 valence electrons. The average molecular weight is 318 g/mol. The molecule has 0 saturated carbocycles. The smallest absolute Gasteiger partial charge is 0.293 e. The van der Waals surface area contributed by atoms with E-state index in [9.17, 15) is 4.79 Å². The molecular weight excluding hydrogens is 292 g/mol. The van der Waals surface area contributed by atoms with E-state index in [0.29, 0.717) is 12.4 Å². The van der Waals surface area contributed by atoms with Gasteiger partial charge < -0.3 is 14.6 Å². The molecule has 0 bridgehead atoms. The Morgan fingerprint density at radius 3 is 3.17 bits per heavy atom. The number of allylic oxidation sites excluding steroid dienone is 2. The van der Waals surface area contributed by atoms with Crippen LogP contribution in [0.15, 0.2) is 29.3 Å². The number of rotatable bonds is 5. The van der Waals surface area contributed by atoms with Gasteiger partial charge in [-0.2, -0.15) is 0 Å². The van der Waals surface area contributed by atoms with Crippen LogP contribution in [-0.4, -0.2) is 53.3 Å². The number of nitrogens with zero attached hydrogens (tertiary/aromatic N) is 3. The Hall–Kier alpha value is -1.66. The molecule has 6 nitrogen and oxygen atoms in total. The summed E-state index contributed by atoms with van der Waals surface area (Å²) in [7, 11) is 1.73. The summed E-state index contributed by atoms with van der Waals surface area (Å²) in [4.78, 5) is 18.6. The molecule has 0 amide bonds. The standard InChI is InChI=1S/C17H26N4O2/c1-20-8-7-18-16(17(20)22)19-11-15-13-21(9-10-23-15)12-14-5-3-2-4-6-14/h2-3,7-8,14-15H,4-6,9-13H2,1H3,(H,18,19). The number of ether oxygens (including phenoxy) is 1. The minimum Gasteiger partial charge on any atom is -0.374 e. The Morgan fingerprint density at radius 1 is 1.43 bits per heavy atom. The van der Waals surface area contributed by atoms with Gasteiger partial charge in [-0.05, 0) is 25.2 Å². The molecule has 2 aliphatic rings. The Bertz CT molecular complexity index is 599. The van der Waals surface area contributed by atoms with Crippen LogP contribution in [0.3, 0.4) is 0 Å². The van der Waals surface area contributed by atoms with Gasteiger partial charge in [-0.1, -0.05) is 12.2 Å². The quantitative estimate of drug-likeness (QED) is 0.828. The monoisotopic (exact) mass is 318 g/mol. The third-order valence-electron chi connectivity index (χ3n) is 4.63. The molecule has 1 aliphatic heterocycles. The largest absolute Gasteiger partial charge is 0.374 e. The predicted molar refractivity (Wildman–Crippen MR) is 90.6 cm³/mol. The minimum absolute atomic E-state index is 0.103. The molecular formula is C17H26N4O2. The molecule has 2 heterocycles. The minimum atomic E-state index is -0.103. The lowest BCUT2D eigenvalue weighted by Gasteiger charge is -2.35. The van der Waals surface area contributed by atoms with Crippen molar-refractivity contribution in [1.29, 1.82) is 0 Å². The molecule has 1 aromatic heterocycles. The molecule has 0 aromatic carbocycles. The zero-order chi connectivity index (χ0) is 16.1. The second-order valence-corrected chi connectivity index (χ2v) is 6.48. The summed E-state index contributed by atoms with van der Waals surface area (Å²) in [6, 6.07) is 0. The van der Waals surface area contributed by atoms with Gasteiger partial charge in [-0.15, -0.1) is 0 Å². The first kappa shape index (κ1) is 16.2. The lowest BCUT2D eigenvalue weighted by molar-refractivity contribution is -0.0262. The lowest BCUT2D eigenvalue weighted by atomic mass is 9.94. The highest BCUT2D eigenvalue weighted by molar-refractivity contribution is 5.30. The summed E-state index contributed by atoms with van der Waals surface area (Å²) in [5.41, 5.74) is -0.103. The molecule has 1 saturated heterocycles. The van der Waals surface area contributed by atoms with E-state index in [1.54, 1.807) is 19.4 Å². The number of morpholine rings is 1. The van der Waals surface area contributed by atoms with Gasteiger partial charge in [-0.25, -0.2) is 4.98 Å². The van der Waals surface area contributed by atoms with Gasteiger partial charge >= 0.3 is 0 Å². The third-order valence-corrected chi connectivity index (χ3v) is 4.63. The highest BCUT2D eigenvalue weighted by Gasteiger charge is 2.23. The summed E-state index contributed by atoms with van der Waals surface area (Å²) in [6.07, 6.45) is 11.7. The first-order valence-corrected chi connectivity index (χ1v) is 8.47. The van der Waals surface area contributed by atoms with E-state index in [2.05, 4.69) is 27.4 Å². The Morgan fingerprint density at radius 2 is 2.35 bits per heavy atom. The van der Waals surface area contributed by atoms with Crippen LogP contribution in [0.2, 0.25) is 0 Å². The summed E-state index contributed by atoms with van der Waals surface area (Å²) in [5.74, 6) is 1.17. The van der Waals surface area contributed by atoms with E-state index in [1.807, 2.05) is 0 Å². The van der Waals surface area contributed by atoms with E-state index in [-0.39, 0.29) is 11.7 Å². The van der Waals surface area contributed by atoms with Gasteiger partial charge in [-0.3, -0.25) is 9.69 Å². The fraction of sp³-hybridized carbons (Fsp3) is 0.647. The highest BCUT2D eigenvalue weighted by Crippen LogP contribution is 2.20. The SMILES string of the molecule is Cn1ccnc(NCC2CN(CC3CC=CCC3)CCO2)c1=O. The van der Waals surface area contributed by atoms with Crippen LogP contribution in [-0.2, 0) is 11.8 Å². The van der Waals surface area contributed by atoms with Crippen LogP contribution in [0, 0.1) is 5.92 Å². The first-order valence-electron chi connectivity index (χ1n) is 8.47. The summed E-state index contributed by atoms with van der Waals surface area (Å²) < 4.78 is 7.36. The molecule has 1 aromatic rings. The van der Waals surface area contributed by atoms with Crippen molar-refractivity contribution in [2.75, 3.05) is 38.1 Å². The second-order valence-electron chi connectivity index (χ2n) is 6.48. The van der Waals surface area contributed by atoms with E-state index in [1.165, 1.54) is 23.8 Å². The molecule has 2 atom stereocenters. The van der Waals surface area contributed by atoms with Crippen LogP contribution >= 0.6 is 0 Å². The lowest BCUT2D eigenvalue weighted by Crippen LogP contribution is -2.47. The normalized spacial score (nSPS) is 25.4. The maximum Gasteiger partial charge on any atom is 0.293 e. The van der Waals surface area contributed by atoms with Crippen molar-refractivity contribution in [2.24, 2.45) is 13.0 Å². The molecule has 1 aliphatic carbocycles. The third kappa shape index (κ3) is 4.42. The summed E-state index contributed by atoms with van der Waals surface area (Å²) >= 11 is 0. The average Bonchev–Trinajstić information content (AvgIpc) is 2.57. The van der Waals surface area contributed by atoms with Crippen molar-refractivity contribution in [3.8, 4) is 0 Å². The Balaban J connectivity index is 1.49. The topological polar surface area (TPSA) is 59.4 Å². The zero-order valence-electron chi connectivity index (χ0n) is 13.8. The number of nitrogens with one attached hydrogen (secondary N) is 1. The van der Waals surface area contributed by atoms with Crippen molar-refractivity contribution in [3.63, 3.8) is 0 Å². The maximum absolute atomic E-state index is 11.9. The molecule has 3 rings (SSSR count). The molecule has 2 unspecified atom stereocenters. The van der Waals surface area contributed by atoms with Crippen LogP contribution in [0.5, 0.6) is 0 Å². The van der Waals surface area contributed by atoms with Crippen LogP contribution in [0.4, 0.5) is 5.82 Å². The van der Waals surface area contributed by atoms with Gasteiger partial charge in [0.15, 0.2) is 5.82 Å². The van der Waals surface area contributed by atoms with Gasteiger partial charge in [0.1, 0.15) is 0 Å². The number of aromatic nitrogens is 2. The Labute approximate surface area is 137 Å². The van der Waals surface area contributed by atoms with Gasteiger partial charge in [0.25, 0.3) is 5.56 Å². The van der Waals surface area contributed by atoms with Gasteiger partial charge in [0.05, 0.1) is 12.7 Å². The predicted octanol–water partition coefficient (Wildman–Crippen LogP) is 1.25. The molecule has 6 heteroatoms. The first-order chi connectivity index (χ1) is 11.2. The molecule has 0 radical (unpaired) electrons. The number of aryl methyl sites for hydroxylation is 1. The van der Waals surface area contributed by atoms with Crippen LogP contribution in [0.25, 0.3) is 0 Å². The van der Waals surface area contributed by atoms with E-state index in [4.69, 9.17) is 4.74 Å².